The van der Waals surface area contributed by atoms with Gasteiger partial charge in [0, 0.05) is 12.0 Å². The summed E-state index contributed by atoms with van der Waals surface area (Å²) in [6.45, 7) is 4.37. The van der Waals surface area contributed by atoms with Gasteiger partial charge >= 0.3 is 0 Å². The molecule has 0 saturated carbocycles. The van der Waals surface area contributed by atoms with Crippen molar-refractivity contribution in [3.05, 3.63) is 29.3 Å². The molecule has 0 radical (unpaired) electrons. The Hall–Kier alpha value is -1.02. The average molecular weight is 259 g/mol. The first kappa shape index (κ1) is 13.0. The molecule has 0 aliphatic carbocycles. The highest BCUT2D eigenvalue weighted by Crippen LogP contribution is 2.31. The van der Waals surface area contributed by atoms with Gasteiger partial charge in [-0.25, -0.2) is 0 Å². The monoisotopic (exact) mass is 259 g/mol. The second kappa shape index (κ2) is 5.54. The molecule has 2 heteroatoms. The van der Waals surface area contributed by atoms with E-state index in [9.17, 15) is 0 Å². The molecule has 2 aliphatic rings. The van der Waals surface area contributed by atoms with Crippen molar-refractivity contribution in [2.45, 2.75) is 57.4 Å². The predicted molar refractivity (Wildman–Crippen MR) is 78.8 cm³/mol. The van der Waals surface area contributed by atoms with E-state index < -0.39 is 0 Å². The van der Waals surface area contributed by atoms with Crippen LogP contribution in [0.1, 0.15) is 50.2 Å². The Balaban J connectivity index is 1.65. The minimum Gasteiger partial charge on any atom is -0.493 e. The SMILES string of the molecule is CCCC1(CCc2ccc3c(c2)CCO3)CCCN1. The number of benzene rings is 1. The predicted octanol–water partition coefficient (Wildman–Crippen LogP) is 3.48. The quantitative estimate of drug-likeness (QED) is 0.874. The van der Waals surface area contributed by atoms with Crippen molar-refractivity contribution in [1.82, 2.24) is 5.32 Å². The summed E-state index contributed by atoms with van der Waals surface area (Å²) in [6, 6.07) is 6.77. The summed E-state index contributed by atoms with van der Waals surface area (Å²) in [6.07, 6.45) is 8.86. The first-order valence-corrected chi connectivity index (χ1v) is 7.81. The molecule has 1 N–H and O–H groups in total. The Kier molecular flexibility index (Phi) is 3.79. The number of fused-ring (bicyclic) bond motifs is 1. The molecule has 3 rings (SSSR count). The molecule has 2 nitrogen and oxygen atoms in total. The van der Waals surface area contributed by atoms with Crippen molar-refractivity contribution in [2.75, 3.05) is 13.2 Å². The topological polar surface area (TPSA) is 21.3 Å². The van der Waals surface area contributed by atoms with Gasteiger partial charge in [-0.2, -0.15) is 0 Å². The summed E-state index contributed by atoms with van der Waals surface area (Å²) < 4.78 is 5.58. The lowest BCUT2D eigenvalue weighted by atomic mass is 9.85. The van der Waals surface area contributed by atoms with Gasteiger partial charge in [-0.15, -0.1) is 0 Å². The van der Waals surface area contributed by atoms with Gasteiger partial charge in [0.15, 0.2) is 0 Å². The van der Waals surface area contributed by atoms with Crippen LogP contribution in [0.4, 0.5) is 0 Å². The lowest BCUT2D eigenvalue weighted by Crippen LogP contribution is -2.39. The number of ether oxygens (including phenoxy) is 1. The van der Waals surface area contributed by atoms with E-state index >= 15 is 0 Å². The summed E-state index contributed by atoms with van der Waals surface area (Å²) in [7, 11) is 0. The molecular weight excluding hydrogens is 234 g/mol. The van der Waals surface area contributed by atoms with Crippen LogP contribution in [0.15, 0.2) is 18.2 Å². The lowest BCUT2D eigenvalue weighted by molar-refractivity contribution is 0.320. The maximum atomic E-state index is 5.58. The van der Waals surface area contributed by atoms with Crippen LogP contribution in [0.5, 0.6) is 5.75 Å². The van der Waals surface area contributed by atoms with E-state index in [0.717, 1.165) is 18.8 Å². The zero-order valence-corrected chi connectivity index (χ0v) is 12.0. The Morgan fingerprint density at radius 3 is 3.05 bits per heavy atom. The first-order valence-electron chi connectivity index (χ1n) is 7.81. The molecule has 1 aromatic carbocycles. The summed E-state index contributed by atoms with van der Waals surface area (Å²) in [5, 5.41) is 3.77. The molecule has 104 valence electrons. The first-order chi connectivity index (χ1) is 9.31. The second-order valence-electron chi connectivity index (χ2n) is 6.10. The third kappa shape index (κ3) is 2.79. The van der Waals surface area contributed by atoms with E-state index in [2.05, 4.69) is 30.4 Å². The van der Waals surface area contributed by atoms with Gasteiger partial charge in [0.25, 0.3) is 0 Å². The van der Waals surface area contributed by atoms with Crippen LogP contribution in [-0.2, 0) is 12.8 Å². The van der Waals surface area contributed by atoms with Crippen LogP contribution < -0.4 is 10.1 Å². The minimum atomic E-state index is 0.421. The molecule has 19 heavy (non-hydrogen) atoms. The Bertz CT molecular complexity index is 435. The third-order valence-corrected chi connectivity index (χ3v) is 4.71. The molecule has 0 aromatic heterocycles. The highest BCUT2D eigenvalue weighted by Gasteiger charge is 2.31. The van der Waals surface area contributed by atoms with E-state index in [1.165, 1.54) is 56.2 Å². The summed E-state index contributed by atoms with van der Waals surface area (Å²) in [4.78, 5) is 0. The Morgan fingerprint density at radius 1 is 1.32 bits per heavy atom. The van der Waals surface area contributed by atoms with Crippen LogP contribution in [-0.4, -0.2) is 18.7 Å². The smallest absolute Gasteiger partial charge is 0.122 e. The normalized spacial score (nSPS) is 25.3. The Labute approximate surface area is 116 Å². The highest BCUT2D eigenvalue weighted by molar-refractivity contribution is 5.39. The van der Waals surface area contributed by atoms with E-state index in [0.29, 0.717) is 5.54 Å². The second-order valence-corrected chi connectivity index (χ2v) is 6.10. The molecule has 2 heterocycles. The summed E-state index contributed by atoms with van der Waals surface area (Å²) in [5.74, 6) is 1.10. The molecule has 1 fully saturated rings. The molecule has 1 saturated heterocycles. The molecule has 0 amide bonds. The van der Waals surface area contributed by atoms with Crippen molar-refractivity contribution in [1.29, 1.82) is 0 Å². The van der Waals surface area contributed by atoms with Gasteiger partial charge in [-0.05, 0) is 55.8 Å². The van der Waals surface area contributed by atoms with E-state index in [1.54, 1.807) is 0 Å². The largest absolute Gasteiger partial charge is 0.493 e. The molecule has 1 aromatic rings. The summed E-state index contributed by atoms with van der Waals surface area (Å²) in [5.41, 5.74) is 3.31. The molecule has 0 bridgehead atoms. The molecule has 0 spiro atoms. The molecule has 1 atom stereocenters. The number of hydrogen-bond donors (Lipinski definition) is 1. The maximum absolute atomic E-state index is 5.58. The van der Waals surface area contributed by atoms with Gasteiger partial charge in [-0.1, -0.05) is 25.5 Å². The molecular formula is C17H25NO. The van der Waals surface area contributed by atoms with Gasteiger partial charge in [0.05, 0.1) is 6.61 Å². The number of nitrogens with one attached hydrogen (secondary N) is 1. The standard InChI is InChI=1S/C17H25NO/c1-2-8-17(9-3-11-18-17)10-6-14-4-5-16-15(13-14)7-12-19-16/h4-5,13,18H,2-3,6-12H2,1H3. The van der Waals surface area contributed by atoms with Crippen LogP contribution >= 0.6 is 0 Å². The van der Waals surface area contributed by atoms with E-state index in [-0.39, 0.29) is 0 Å². The number of aryl methyl sites for hydroxylation is 1. The Morgan fingerprint density at radius 2 is 2.26 bits per heavy atom. The van der Waals surface area contributed by atoms with Crippen molar-refractivity contribution in [2.24, 2.45) is 0 Å². The maximum Gasteiger partial charge on any atom is 0.122 e. The van der Waals surface area contributed by atoms with Crippen LogP contribution in [0.25, 0.3) is 0 Å². The minimum absolute atomic E-state index is 0.421. The zero-order valence-electron chi connectivity index (χ0n) is 12.0. The van der Waals surface area contributed by atoms with Crippen LogP contribution in [0.2, 0.25) is 0 Å². The van der Waals surface area contributed by atoms with Gasteiger partial charge in [0.2, 0.25) is 0 Å². The van der Waals surface area contributed by atoms with Crippen molar-refractivity contribution < 1.29 is 4.74 Å². The van der Waals surface area contributed by atoms with Crippen molar-refractivity contribution in [3.8, 4) is 5.75 Å². The molecule has 2 aliphatic heterocycles. The number of rotatable bonds is 5. The van der Waals surface area contributed by atoms with Gasteiger partial charge in [-0.3, -0.25) is 0 Å². The van der Waals surface area contributed by atoms with Crippen molar-refractivity contribution >= 4 is 0 Å². The molecule has 1 unspecified atom stereocenters. The fraction of sp³-hybridized carbons (Fsp3) is 0.647. The van der Waals surface area contributed by atoms with Gasteiger partial charge in [0.1, 0.15) is 5.75 Å². The zero-order chi connectivity index (χ0) is 13.1. The fourth-order valence-electron chi connectivity index (χ4n) is 3.68. The summed E-state index contributed by atoms with van der Waals surface area (Å²) >= 11 is 0. The average Bonchev–Trinajstić information content (AvgIpc) is 3.05. The third-order valence-electron chi connectivity index (χ3n) is 4.71. The van der Waals surface area contributed by atoms with E-state index in [1.807, 2.05) is 0 Å². The van der Waals surface area contributed by atoms with Crippen molar-refractivity contribution in [3.63, 3.8) is 0 Å². The van der Waals surface area contributed by atoms with Gasteiger partial charge < -0.3 is 10.1 Å². The highest BCUT2D eigenvalue weighted by atomic mass is 16.5. The van der Waals surface area contributed by atoms with E-state index in [4.69, 9.17) is 4.74 Å². The van der Waals surface area contributed by atoms with Crippen LogP contribution in [0.3, 0.4) is 0 Å². The van der Waals surface area contributed by atoms with Crippen LogP contribution in [0, 0.1) is 0 Å². The fourth-order valence-corrected chi connectivity index (χ4v) is 3.68. The lowest BCUT2D eigenvalue weighted by Gasteiger charge is -2.29. The number of hydrogen-bond acceptors (Lipinski definition) is 2.